The van der Waals surface area contributed by atoms with Gasteiger partial charge in [0.2, 0.25) is 0 Å². The molecule has 0 saturated carbocycles. The molecule has 4 rings (SSSR count). The highest BCUT2D eigenvalue weighted by atomic mass is 32.2. The zero-order valence-corrected chi connectivity index (χ0v) is 21.9. The first-order chi connectivity index (χ1) is 18.1. The summed E-state index contributed by atoms with van der Waals surface area (Å²) in [5, 5.41) is 13.4. The van der Waals surface area contributed by atoms with E-state index in [2.05, 4.69) is 20.7 Å². The van der Waals surface area contributed by atoms with Crippen molar-refractivity contribution in [2.45, 2.75) is 32.2 Å². The molecule has 0 fully saturated rings. The fourth-order valence-electron chi connectivity index (χ4n) is 3.56. The number of hydrogen-bond donors (Lipinski definition) is 1. The average Bonchev–Trinajstić information content (AvgIpc) is 3.34. The molecule has 3 aromatic carbocycles. The van der Waals surface area contributed by atoms with Crippen molar-refractivity contribution in [2.75, 3.05) is 12.9 Å². The van der Waals surface area contributed by atoms with Crippen molar-refractivity contribution < 1.29 is 14.3 Å². The fourth-order valence-corrected chi connectivity index (χ4v) is 4.35. The number of nitrogens with one attached hydrogen (secondary N) is 1. The average molecular weight is 516 g/mol. The van der Waals surface area contributed by atoms with Crippen molar-refractivity contribution in [3.8, 4) is 22.9 Å². The van der Waals surface area contributed by atoms with Crippen LogP contribution in [0.4, 0.5) is 0 Å². The van der Waals surface area contributed by atoms with E-state index in [4.69, 9.17) is 9.47 Å². The van der Waals surface area contributed by atoms with E-state index < -0.39 is 0 Å². The van der Waals surface area contributed by atoms with E-state index in [0.29, 0.717) is 29.8 Å². The van der Waals surface area contributed by atoms with Gasteiger partial charge in [-0.1, -0.05) is 71.9 Å². The minimum absolute atomic E-state index is 0.164. The maximum atomic E-state index is 12.4. The van der Waals surface area contributed by atoms with Crippen molar-refractivity contribution in [2.24, 2.45) is 5.10 Å². The molecule has 0 bridgehead atoms. The number of aryl methyl sites for hydroxylation is 1. The van der Waals surface area contributed by atoms with Gasteiger partial charge < -0.3 is 14.0 Å². The van der Waals surface area contributed by atoms with Crippen LogP contribution in [-0.2, 0) is 17.9 Å². The van der Waals surface area contributed by atoms with Gasteiger partial charge in [-0.25, -0.2) is 5.43 Å². The summed E-state index contributed by atoms with van der Waals surface area (Å²) in [7, 11) is 1.60. The molecule has 0 aliphatic rings. The molecular weight excluding hydrogens is 486 g/mol. The molecule has 1 aromatic heterocycles. The van der Waals surface area contributed by atoms with Crippen LogP contribution in [0.1, 0.15) is 23.6 Å². The van der Waals surface area contributed by atoms with Crippen LogP contribution >= 0.6 is 11.8 Å². The van der Waals surface area contributed by atoms with Gasteiger partial charge in [0.1, 0.15) is 6.61 Å². The van der Waals surface area contributed by atoms with E-state index >= 15 is 0 Å². The topological polar surface area (TPSA) is 90.6 Å². The first-order valence-corrected chi connectivity index (χ1v) is 12.9. The number of thioether (sulfide) groups is 1. The number of rotatable bonds is 11. The number of hydrogen-bond acceptors (Lipinski definition) is 7. The molecule has 1 heterocycles. The maximum absolute atomic E-state index is 12.4. The Hall–Kier alpha value is -4.11. The summed E-state index contributed by atoms with van der Waals surface area (Å²) in [4.78, 5) is 12.4. The van der Waals surface area contributed by atoms with E-state index in [0.717, 1.165) is 22.5 Å². The molecule has 0 spiro atoms. The van der Waals surface area contributed by atoms with Crippen molar-refractivity contribution in [1.82, 2.24) is 20.2 Å². The Morgan fingerprint density at radius 3 is 2.57 bits per heavy atom. The lowest BCUT2D eigenvalue weighted by Crippen LogP contribution is -2.20. The second-order valence-corrected chi connectivity index (χ2v) is 9.13. The normalized spacial score (nSPS) is 11.0. The monoisotopic (exact) mass is 515 g/mol. The molecular formula is C28H29N5O3S. The third kappa shape index (κ3) is 6.98. The van der Waals surface area contributed by atoms with Gasteiger partial charge in [0.25, 0.3) is 5.91 Å². The number of benzene rings is 3. The first kappa shape index (κ1) is 26.0. The smallest absolute Gasteiger partial charge is 0.250 e. The second kappa shape index (κ2) is 12.7. The van der Waals surface area contributed by atoms with Crippen molar-refractivity contribution in [1.29, 1.82) is 0 Å². The highest BCUT2D eigenvalue weighted by Gasteiger charge is 2.14. The Labute approximate surface area is 220 Å². The molecule has 0 radical (unpaired) electrons. The van der Waals surface area contributed by atoms with Crippen LogP contribution in [0.3, 0.4) is 0 Å². The predicted molar refractivity (Wildman–Crippen MR) is 146 cm³/mol. The molecule has 0 aliphatic carbocycles. The SMILES string of the molecule is CCn1c(SCC(=O)N/N=C\c2ccc(OC)c(OCc3ccccc3)c2)nnc1-c1ccc(C)cc1. The Morgan fingerprint density at radius 1 is 1.05 bits per heavy atom. The number of carbonyl (C=O) groups is 1. The quantitative estimate of drug-likeness (QED) is 0.170. The van der Waals surface area contributed by atoms with Gasteiger partial charge in [0.15, 0.2) is 22.5 Å². The van der Waals surface area contributed by atoms with Gasteiger partial charge in [-0.05, 0) is 43.2 Å². The van der Waals surface area contributed by atoms with Gasteiger partial charge in [-0.15, -0.1) is 10.2 Å². The lowest BCUT2D eigenvalue weighted by Gasteiger charge is -2.11. The summed E-state index contributed by atoms with van der Waals surface area (Å²) in [5.41, 5.74) is 6.57. The number of amides is 1. The van der Waals surface area contributed by atoms with Crippen LogP contribution in [-0.4, -0.2) is 39.7 Å². The summed E-state index contributed by atoms with van der Waals surface area (Å²) in [6.07, 6.45) is 1.57. The molecule has 0 unspecified atom stereocenters. The predicted octanol–water partition coefficient (Wildman–Crippen LogP) is 5.10. The highest BCUT2D eigenvalue weighted by molar-refractivity contribution is 7.99. The van der Waals surface area contributed by atoms with Crippen LogP contribution in [0, 0.1) is 6.92 Å². The Kier molecular flexibility index (Phi) is 8.93. The van der Waals surface area contributed by atoms with Crippen molar-refractivity contribution in [3.63, 3.8) is 0 Å². The standard InChI is InChI=1S/C28H29N5O3S/c1-4-33-27(23-13-10-20(2)11-14-23)31-32-28(33)37-19-26(34)30-29-17-22-12-15-24(35-3)25(16-22)36-18-21-8-6-5-7-9-21/h5-17H,4,18-19H2,1-3H3,(H,30,34)/b29-17-. The molecule has 8 nitrogen and oxygen atoms in total. The van der Waals surface area contributed by atoms with Crippen LogP contribution in [0.25, 0.3) is 11.4 Å². The minimum atomic E-state index is -0.238. The van der Waals surface area contributed by atoms with Gasteiger partial charge >= 0.3 is 0 Å². The summed E-state index contributed by atoms with van der Waals surface area (Å²) in [6, 6.07) is 23.5. The molecule has 0 atom stereocenters. The Balaban J connectivity index is 1.33. The number of nitrogens with zero attached hydrogens (tertiary/aromatic N) is 4. The summed E-state index contributed by atoms with van der Waals surface area (Å²) in [6.45, 7) is 5.19. The van der Waals surface area contributed by atoms with Gasteiger partial charge in [-0.3, -0.25) is 4.79 Å². The van der Waals surface area contributed by atoms with Crippen LogP contribution in [0.15, 0.2) is 83.1 Å². The van der Waals surface area contributed by atoms with E-state index in [1.165, 1.54) is 17.3 Å². The first-order valence-electron chi connectivity index (χ1n) is 11.9. The molecule has 190 valence electrons. The number of ether oxygens (including phenoxy) is 2. The molecule has 9 heteroatoms. The molecule has 37 heavy (non-hydrogen) atoms. The number of hydrazone groups is 1. The molecule has 0 saturated heterocycles. The van der Waals surface area contributed by atoms with E-state index in [9.17, 15) is 4.79 Å². The van der Waals surface area contributed by atoms with Gasteiger partial charge in [0, 0.05) is 12.1 Å². The maximum Gasteiger partial charge on any atom is 0.250 e. The van der Waals surface area contributed by atoms with Crippen molar-refractivity contribution >= 4 is 23.9 Å². The van der Waals surface area contributed by atoms with E-state index in [-0.39, 0.29) is 11.7 Å². The third-order valence-electron chi connectivity index (χ3n) is 5.50. The summed E-state index contributed by atoms with van der Waals surface area (Å²) >= 11 is 1.32. The molecule has 0 aliphatic heterocycles. The van der Waals surface area contributed by atoms with Gasteiger partial charge in [-0.2, -0.15) is 5.10 Å². The number of aromatic nitrogens is 3. The largest absolute Gasteiger partial charge is 0.493 e. The van der Waals surface area contributed by atoms with Crippen molar-refractivity contribution in [3.05, 3.63) is 89.5 Å². The van der Waals surface area contributed by atoms with Crippen LogP contribution in [0.2, 0.25) is 0 Å². The Bertz CT molecular complexity index is 1350. The molecule has 4 aromatic rings. The Morgan fingerprint density at radius 2 is 1.84 bits per heavy atom. The van der Waals surface area contributed by atoms with Gasteiger partial charge in [0.05, 0.1) is 19.1 Å². The van der Waals surface area contributed by atoms with Crippen LogP contribution in [0.5, 0.6) is 11.5 Å². The molecule has 1 amide bonds. The zero-order valence-electron chi connectivity index (χ0n) is 21.0. The summed E-state index contributed by atoms with van der Waals surface area (Å²) in [5.74, 6) is 1.93. The molecule has 1 N–H and O–H groups in total. The lowest BCUT2D eigenvalue weighted by molar-refractivity contribution is -0.118. The summed E-state index contributed by atoms with van der Waals surface area (Å²) < 4.78 is 13.3. The second-order valence-electron chi connectivity index (χ2n) is 8.18. The minimum Gasteiger partial charge on any atom is -0.493 e. The number of methoxy groups -OCH3 is 1. The number of carbonyl (C=O) groups excluding carboxylic acids is 1. The van der Waals surface area contributed by atoms with E-state index in [1.54, 1.807) is 13.3 Å². The fraction of sp³-hybridized carbons (Fsp3) is 0.214. The zero-order chi connectivity index (χ0) is 26.0. The van der Waals surface area contributed by atoms with Crippen LogP contribution < -0.4 is 14.9 Å². The van der Waals surface area contributed by atoms with E-state index in [1.807, 2.05) is 91.2 Å². The highest BCUT2D eigenvalue weighted by Crippen LogP contribution is 2.28. The third-order valence-corrected chi connectivity index (χ3v) is 6.47. The lowest BCUT2D eigenvalue weighted by atomic mass is 10.1.